The van der Waals surface area contributed by atoms with E-state index < -0.39 is 23.6 Å². The predicted molar refractivity (Wildman–Crippen MR) is 96.1 cm³/mol. The van der Waals surface area contributed by atoms with Crippen LogP contribution in [0.3, 0.4) is 0 Å². The molecule has 1 aliphatic heterocycles. The fraction of sp³-hybridized carbons (Fsp3) is 0.350. The van der Waals surface area contributed by atoms with Gasteiger partial charge in [0.2, 0.25) is 0 Å². The monoisotopic (exact) mass is 358 g/mol. The molecule has 1 aliphatic rings. The first-order valence-corrected chi connectivity index (χ1v) is 8.46. The molecule has 4 nitrogen and oxygen atoms in total. The van der Waals surface area contributed by atoms with Crippen LogP contribution in [0.4, 0.5) is 14.5 Å². The van der Waals surface area contributed by atoms with E-state index in [-0.39, 0.29) is 0 Å². The Balaban J connectivity index is 1.72. The molecular formula is C20H20F2N2O2. The van der Waals surface area contributed by atoms with Crippen molar-refractivity contribution in [1.82, 2.24) is 4.98 Å². The Morgan fingerprint density at radius 1 is 1.23 bits per heavy atom. The van der Waals surface area contributed by atoms with Crippen molar-refractivity contribution in [3.05, 3.63) is 53.9 Å². The second-order valence-electron chi connectivity index (χ2n) is 7.14. The highest BCUT2D eigenvalue weighted by Crippen LogP contribution is 2.51. The molecule has 4 rings (SSSR count). The molecule has 0 N–H and O–H groups in total. The smallest absolute Gasteiger partial charge is 0.323 e. The standard InChI is InChI=1S/C20H20F2N2O2/c1-19(12-24(2)17-13(19)7-6-10-16(17)25-3)11-20(21,22)18-23-14-8-4-5-9-15(14)26-18/h4-10H,11-12H2,1-3H3. The number of hydrogen-bond donors (Lipinski definition) is 0. The van der Waals surface area contributed by atoms with E-state index in [2.05, 4.69) is 4.98 Å². The Labute approximate surface area is 150 Å². The molecule has 26 heavy (non-hydrogen) atoms. The van der Waals surface area contributed by atoms with Crippen LogP contribution in [-0.4, -0.2) is 25.7 Å². The van der Waals surface area contributed by atoms with Gasteiger partial charge < -0.3 is 14.1 Å². The summed E-state index contributed by atoms with van der Waals surface area (Å²) in [6.45, 7) is 2.32. The Morgan fingerprint density at radius 3 is 2.73 bits per heavy atom. The average Bonchev–Trinajstić information content (AvgIpc) is 3.15. The van der Waals surface area contributed by atoms with Crippen LogP contribution in [0.1, 0.15) is 24.8 Å². The Hall–Kier alpha value is -2.63. The number of fused-ring (bicyclic) bond motifs is 2. The van der Waals surface area contributed by atoms with Gasteiger partial charge in [-0.05, 0) is 23.8 Å². The minimum Gasteiger partial charge on any atom is -0.495 e. The average molecular weight is 358 g/mol. The number of halogens is 2. The van der Waals surface area contributed by atoms with Crippen LogP contribution in [0, 0.1) is 0 Å². The lowest BCUT2D eigenvalue weighted by Crippen LogP contribution is -2.34. The highest BCUT2D eigenvalue weighted by Gasteiger charge is 2.49. The summed E-state index contributed by atoms with van der Waals surface area (Å²) in [6.07, 6.45) is -0.392. The zero-order valence-electron chi connectivity index (χ0n) is 14.9. The van der Waals surface area contributed by atoms with Crippen LogP contribution in [0.2, 0.25) is 0 Å². The topological polar surface area (TPSA) is 38.5 Å². The molecule has 1 unspecified atom stereocenters. The molecule has 0 bridgehead atoms. The van der Waals surface area contributed by atoms with Crippen LogP contribution < -0.4 is 9.64 Å². The molecule has 2 aromatic carbocycles. The van der Waals surface area contributed by atoms with E-state index in [4.69, 9.17) is 9.15 Å². The van der Waals surface area contributed by atoms with Gasteiger partial charge in [-0.2, -0.15) is 8.78 Å². The van der Waals surface area contributed by atoms with E-state index in [0.717, 1.165) is 11.3 Å². The zero-order chi connectivity index (χ0) is 18.5. The minimum atomic E-state index is -3.18. The summed E-state index contributed by atoms with van der Waals surface area (Å²) in [5.41, 5.74) is 1.79. The summed E-state index contributed by atoms with van der Waals surface area (Å²) in [4.78, 5) is 5.98. The van der Waals surface area contributed by atoms with Crippen molar-refractivity contribution in [2.75, 3.05) is 25.6 Å². The second kappa shape index (κ2) is 5.69. The summed E-state index contributed by atoms with van der Waals surface area (Å²) >= 11 is 0. The lowest BCUT2D eigenvalue weighted by Gasteiger charge is -2.28. The van der Waals surface area contributed by atoms with Gasteiger partial charge in [-0.15, -0.1) is 0 Å². The zero-order valence-corrected chi connectivity index (χ0v) is 14.9. The number of hydrogen-bond acceptors (Lipinski definition) is 4. The highest BCUT2D eigenvalue weighted by atomic mass is 19.3. The SMILES string of the molecule is COc1cccc2c1N(C)CC2(C)CC(F)(F)c1nc2ccccc2o1. The summed E-state index contributed by atoms with van der Waals surface area (Å²) < 4.78 is 40.9. The van der Waals surface area contributed by atoms with Crippen LogP contribution in [0.25, 0.3) is 11.1 Å². The van der Waals surface area contributed by atoms with Crippen molar-refractivity contribution >= 4 is 16.8 Å². The molecule has 3 aromatic rings. The van der Waals surface area contributed by atoms with Crippen LogP contribution in [0.5, 0.6) is 5.75 Å². The number of ether oxygens (including phenoxy) is 1. The molecule has 0 saturated carbocycles. The van der Waals surface area contributed by atoms with Crippen molar-refractivity contribution in [1.29, 1.82) is 0 Å². The highest BCUT2D eigenvalue weighted by molar-refractivity contribution is 5.72. The first-order valence-electron chi connectivity index (χ1n) is 8.46. The van der Waals surface area contributed by atoms with Crippen molar-refractivity contribution in [3.8, 4) is 5.75 Å². The molecule has 0 saturated heterocycles. The van der Waals surface area contributed by atoms with Gasteiger partial charge in [-0.3, -0.25) is 0 Å². The molecule has 136 valence electrons. The van der Waals surface area contributed by atoms with Gasteiger partial charge in [0.1, 0.15) is 11.3 Å². The normalized spacial score (nSPS) is 19.8. The van der Waals surface area contributed by atoms with Gasteiger partial charge in [-0.1, -0.05) is 31.2 Å². The second-order valence-corrected chi connectivity index (χ2v) is 7.14. The number of aromatic nitrogens is 1. The first kappa shape index (κ1) is 16.8. The van der Waals surface area contributed by atoms with Gasteiger partial charge in [0, 0.05) is 25.4 Å². The van der Waals surface area contributed by atoms with Crippen molar-refractivity contribution in [2.45, 2.75) is 24.7 Å². The Morgan fingerprint density at radius 2 is 2.00 bits per heavy atom. The summed E-state index contributed by atoms with van der Waals surface area (Å²) in [5.74, 6) is -3.02. The number of para-hydroxylation sites is 3. The third-order valence-corrected chi connectivity index (χ3v) is 5.06. The lowest BCUT2D eigenvalue weighted by molar-refractivity contribution is -0.0543. The van der Waals surface area contributed by atoms with Crippen LogP contribution >= 0.6 is 0 Å². The third kappa shape index (κ3) is 2.52. The minimum absolute atomic E-state index is 0.373. The maximum Gasteiger partial charge on any atom is 0.323 e. The lowest BCUT2D eigenvalue weighted by atomic mass is 9.79. The van der Waals surface area contributed by atoms with E-state index in [1.165, 1.54) is 0 Å². The summed E-state index contributed by atoms with van der Waals surface area (Å²) in [6, 6.07) is 12.4. The quantitative estimate of drug-likeness (QED) is 0.676. The number of likely N-dealkylation sites (N-methyl/N-ethyl adjacent to an activating group) is 1. The molecule has 6 heteroatoms. The molecule has 0 fully saturated rings. The Kier molecular flexibility index (Phi) is 3.68. The number of alkyl halides is 2. The molecule has 1 aromatic heterocycles. The largest absolute Gasteiger partial charge is 0.495 e. The predicted octanol–water partition coefficient (Wildman–Crippen LogP) is 4.73. The molecule has 0 amide bonds. The molecule has 1 atom stereocenters. The first-order chi connectivity index (χ1) is 12.3. The van der Waals surface area contributed by atoms with Crippen LogP contribution in [0.15, 0.2) is 46.9 Å². The van der Waals surface area contributed by atoms with Crippen molar-refractivity contribution in [3.63, 3.8) is 0 Å². The fourth-order valence-electron chi connectivity index (χ4n) is 4.00. The van der Waals surface area contributed by atoms with Gasteiger partial charge in [-0.25, -0.2) is 4.98 Å². The van der Waals surface area contributed by atoms with Crippen molar-refractivity contribution < 1.29 is 17.9 Å². The Bertz CT molecular complexity index is 936. The van der Waals surface area contributed by atoms with E-state index in [9.17, 15) is 0 Å². The third-order valence-electron chi connectivity index (χ3n) is 5.06. The van der Waals surface area contributed by atoms with Gasteiger partial charge in [0.25, 0.3) is 5.89 Å². The molecule has 0 radical (unpaired) electrons. The summed E-state index contributed by atoms with van der Waals surface area (Å²) in [5, 5.41) is 0. The fourth-order valence-corrected chi connectivity index (χ4v) is 4.00. The number of oxazole rings is 1. The van der Waals surface area contributed by atoms with E-state index in [1.54, 1.807) is 31.4 Å². The van der Waals surface area contributed by atoms with E-state index in [1.807, 2.05) is 37.1 Å². The molecule has 0 aliphatic carbocycles. The molecule has 2 heterocycles. The van der Waals surface area contributed by atoms with Gasteiger partial charge >= 0.3 is 5.92 Å². The number of anilines is 1. The molecular weight excluding hydrogens is 338 g/mol. The maximum absolute atomic E-state index is 15.1. The van der Waals surface area contributed by atoms with E-state index >= 15 is 8.78 Å². The summed E-state index contributed by atoms with van der Waals surface area (Å²) in [7, 11) is 3.48. The number of rotatable bonds is 4. The van der Waals surface area contributed by atoms with Crippen LogP contribution in [-0.2, 0) is 11.3 Å². The van der Waals surface area contributed by atoms with Gasteiger partial charge in [0.05, 0.1) is 12.8 Å². The maximum atomic E-state index is 15.1. The number of methoxy groups -OCH3 is 1. The molecule has 0 spiro atoms. The van der Waals surface area contributed by atoms with Gasteiger partial charge in [0.15, 0.2) is 5.58 Å². The van der Waals surface area contributed by atoms with E-state index in [0.29, 0.717) is 23.4 Å². The van der Waals surface area contributed by atoms with Crippen molar-refractivity contribution in [2.24, 2.45) is 0 Å². The number of nitrogens with zero attached hydrogens (tertiary/aromatic N) is 2. The number of benzene rings is 2.